The summed E-state index contributed by atoms with van der Waals surface area (Å²) >= 11 is 0. The van der Waals surface area contributed by atoms with Gasteiger partial charge in [0.1, 0.15) is 5.82 Å². The van der Waals surface area contributed by atoms with Crippen LogP contribution in [0, 0.1) is 5.82 Å². The lowest BCUT2D eigenvalue weighted by atomic mass is 10.1. The number of carbonyl (C=O) groups excluding carboxylic acids is 1. The van der Waals surface area contributed by atoms with Crippen LogP contribution >= 0.6 is 0 Å². The first-order chi connectivity index (χ1) is 12.7. The summed E-state index contributed by atoms with van der Waals surface area (Å²) in [6, 6.07) is 2.01. The smallest absolute Gasteiger partial charge is 0.403 e. The summed E-state index contributed by atoms with van der Waals surface area (Å²) < 4.78 is 56.7. The molecule has 1 aliphatic rings. The average Bonchev–Trinajstić information content (AvgIpc) is 2.57. The first kappa shape index (κ1) is 20.8. The van der Waals surface area contributed by atoms with E-state index in [1.165, 1.54) is 11.1 Å². The lowest BCUT2D eigenvalue weighted by molar-refractivity contribution is -0.137. The van der Waals surface area contributed by atoms with E-state index in [0.29, 0.717) is 37.8 Å². The number of halogens is 4. The minimum absolute atomic E-state index is 0.0290. The fourth-order valence-electron chi connectivity index (χ4n) is 2.38. The van der Waals surface area contributed by atoms with E-state index in [4.69, 9.17) is 16.3 Å². The molecule has 27 heavy (non-hydrogen) atoms. The molecule has 1 aromatic carbocycles. The first-order valence-corrected chi connectivity index (χ1v) is 8.12. The van der Waals surface area contributed by atoms with Gasteiger partial charge in [-0.1, -0.05) is 6.07 Å². The molecule has 1 heterocycles. The Bertz CT molecular complexity index is 690. The maximum Gasteiger partial charge on any atom is 0.416 e. The highest BCUT2D eigenvalue weighted by atomic mass is 19.4. The fourth-order valence-corrected chi connectivity index (χ4v) is 2.38. The van der Waals surface area contributed by atoms with Gasteiger partial charge in [0.2, 0.25) is 0 Å². The van der Waals surface area contributed by atoms with Gasteiger partial charge in [0.25, 0.3) is 0 Å². The summed E-state index contributed by atoms with van der Waals surface area (Å²) in [4.78, 5) is 13.4. The maximum atomic E-state index is 13.7. The molecule has 0 atom stereocenters. The van der Waals surface area contributed by atoms with E-state index < -0.39 is 17.6 Å². The van der Waals surface area contributed by atoms with E-state index in [1.54, 1.807) is 0 Å². The van der Waals surface area contributed by atoms with Gasteiger partial charge in [-0.15, -0.1) is 0 Å². The van der Waals surface area contributed by atoms with Crippen molar-refractivity contribution in [1.29, 1.82) is 0 Å². The summed E-state index contributed by atoms with van der Waals surface area (Å²) in [6.07, 6.45) is -3.15. The van der Waals surface area contributed by atoms with Crippen LogP contribution in [0.15, 0.2) is 30.1 Å². The monoisotopic (exact) mass is 391 g/mol. The Hall–Kier alpha value is -2.53. The average molecular weight is 391 g/mol. The molecule has 0 saturated carbocycles. The van der Waals surface area contributed by atoms with Crippen LogP contribution in [-0.2, 0) is 17.5 Å². The molecule has 1 aromatic rings. The number of ether oxygens (including phenoxy) is 1. The number of hydrogen-bond acceptors (Lipinski definition) is 5. The molecule has 1 fully saturated rings. The lowest BCUT2D eigenvalue weighted by Crippen LogP contribution is -2.57. The zero-order valence-corrected chi connectivity index (χ0v) is 14.4. The molecule has 1 saturated heterocycles. The van der Waals surface area contributed by atoms with Crippen LogP contribution in [0.25, 0.3) is 0 Å². The van der Waals surface area contributed by atoms with E-state index in [0.717, 1.165) is 12.1 Å². The third-order valence-corrected chi connectivity index (χ3v) is 4.05. The van der Waals surface area contributed by atoms with Gasteiger partial charge < -0.3 is 26.1 Å². The van der Waals surface area contributed by atoms with E-state index in [1.807, 2.05) is 0 Å². The Morgan fingerprint density at radius 2 is 2.07 bits per heavy atom. The van der Waals surface area contributed by atoms with Crippen LogP contribution in [0.1, 0.15) is 17.5 Å². The van der Waals surface area contributed by atoms with Crippen LogP contribution in [0.3, 0.4) is 0 Å². The predicted molar refractivity (Wildman–Crippen MR) is 89.2 cm³/mol. The predicted octanol–water partition coefficient (Wildman–Crippen LogP) is 1.41. The van der Waals surface area contributed by atoms with Gasteiger partial charge in [-0.2, -0.15) is 13.2 Å². The Labute approximate surface area is 153 Å². The van der Waals surface area contributed by atoms with Crippen LogP contribution in [0.5, 0.6) is 0 Å². The maximum absolute atomic E-state index is 13.7. The van der Waals surface area contributed by atoms with E-state index >= 15 is 0 Å². The molecule has 0 unspecified atom stereocenters. The minimum atomic E-state index is -4.59. The minimum Gasteiger partial charge on any atom is -0.403 e. The number of likely N-dealkylation sites (tertiary alicyclic amines) is 1. The van der Waals surface area contributed by atoms with Crippen molar-refractivity contribution in [2.45, 2.75) is 25.3 Å². The van der Waals surface area contributed by atoms with Crippen molar-refractivity contribution in [2.75, 3.05) is 19.6 Å². The number of benzene rings is 1. The molecular formula is C16H21F4N5O2. The molecule has 11 heteroatoms. The van der Waals surface area contributed by atoms with Crippen molar-refractivity contribution in [3.8, 4) is 0 Å². The zero-order valence-electron chi connectivity index (χ0n) is 14.4. The van der Waals surface area contributed by atoms with Crippen molar-refractivity contribution in [3.63, 3.8) is 0 Å². The topological polar surface area (TPSA) is 106 Å². The van der Waals surface area contributed by atoms with Crippen molar-refractivity contribution >= 4 is 6.03 Å². The molecule has 0 radical (unpaired) electrons. The highest BCUT2D eigenvalue weighted by Gasteiger charge is 2.33. The summed E-state index contributed by atoms with van der Waals surface area (Å²) in [5.41, 5.74) is 7.27. The molecule has 150 valence electrons. The van der Waals surface area contributed by atoms with Crippen molar-refractivity contribution in [1.82, 2.24) is 15.6 Å². The van der Waals surface area contributed by atoms with Crippen LogP contribution in [0.4, 0.5) is 22.4 Å². The highest BCUT2D eigenvalue weighted by molar-refractivity contribution is 5.75. The second kappa shape index (κ2) is 8.91. The highest BCUT2D eigenvalue weighted by Crippen LogP contribution is 2.30. The summed E-state index contributed by atoms with van der Waals surface area (Å²) in [5, 5.41) is 2.68. The summed E-state index contributed by atoms with van der Waals surface area (Å²) in [6.45, 7) is 0.785. The second-order valence-electron chi connectivity index (χ2n) is 5.96. The number of hydrazine groups is 1. The van der Waals surface area contributed by atoms with E-state index in [2.05, 4.69) is 10.7 Å². The van der Waals surface area contributed by atoms with Gasteiger partial charge in [-0.05, 0) is 12.1 Å². The van der Waals surface area contributed by atoms with Crippen molar-refractivity contribution < 1.29 is 27.1 Å². The fraction of sp³-hybridized carbons (Fsp3) is 0.438. The number of alkyl halides is 3. The molecule has 7 nitrogen and oxygen atoms in total. The normalized spacial score (nSPS) is 15.4. The molecule has 0 aliphatic carbocycles. The van der Waals surface area contributed by atoms with Crippen molar-refractivity contribution in [2.24, 2.45) is 11.6 Å². The zero-order chi connectivity index (χ0) is 20.0. The second-order valence-corrected chi connectivity index (χ2v) is 5.96. The Morgan fingerprint density at radius 1 is 1.37 bits per heavy atom. The number of nitrogens with two attached hydrogens (primary N) is 2. The van der Waals surface area contributed by atoms with Gasteiger partial charge in [0, 0.05) is 30.4 Å². The Kier molecular flexibility index (Phi) is 6.86. The summed E-state index contributed by atoms with van der Waals surface area (Å²) in [7, 11) is 0. The Morgan fingerprint density at radius 3 is 2.63 bits per heavy atom. The summed E-state index contributed by atoms with van der Waals surface area (Å²) in [5.74, 6) is 4.24. The molecule has 2 amide bonds. The molecule has 0 bridgehead atoms. The number of hydrogen-bond donors (Lipinski definition) is 4. The number of urea groups is 1. The largest absolute Gasteiger partial charge is 0.416 e. The van der Waals surface area contributed by atoms with Gasteiger partial charge in [-0.25, -0.2) is 9.18 Å². The third-order valence-electron chi connectivity index (χ3n) is 4.05. The van der Waals surface area contributed by atoms with Crippen molar-refractivity contribution in [3.05, 3.63) is 47.0 Å². The van der Waals surface area contributed by atoms with E-state index in [9.17, 15) is 22.4 Å². The molecular weight excluding hydrogens is 370 g/mol. The SMILES string of the molecule is N/C=C(/CCNC(=O)N1CC(OCc2ccc(C(F)(F)F)cc2F)C1)NN. The number of carbonyl (C=O) groups is 1. The number of rotatable bonds is 7. The van der Waals surface area contributed by atoms with Gasteiger partial charge >= 0.3 is 12.2 Å². The van der Waals surface area contributed by atoms with E-state index in [-0.39, 0.29) is 24.3 Å². The molecule has 0 aromatic heterocycles. The third kappa shape index (κ3) is 5.73. The lowest BCUT2D eigenvalue weighted by Gasteiger charge is -2.38. The Balaban J connectivity index is 1.71. The standard InChI is InChI=1S/C16H21F4N5O2/c17-14-5-11(16(18,19)20)2-1-10(14)9-27-13-7-25(8-13)15(26)23-4-3-12(6-21)24-22/h1-2,5-6,13,24H,3-4,7-9,21-22H2,(H,23,26)/b12-6-. The molecule has 2 rings (SSSR count). The van der Waals surface area contributed by atoms with Crippen LogP contribution in [0.2, 0.25) is 0 Å². The number of amides is 2. The van der Waals surface area contributed by atoms with Gasteiger partial charge in [0.15, 0.2) is 0 Å². The van der Waals surface area contributed by atoms with Gasteiger partial charge in [0.05, 0.1) is 31.4 Å². The number of nitrogens with one attached hydrogen (secondary N) is 2. The molecule has 1 aliphatic heterocycles. The van der Waals surface area contributed by atoms with Gasteiger partial charge in [-0.3, -0.25) is 5.84 Å². The first-order valence-electron chi connectivity index (χ1n) is 8.12. The number of nitrogens with zero attached hydrogens (tertiary/aromatic N) is 1. The van der Waals surface area contributed by atoms with Crippen LogP contribution < -0.4 is 22.3 Å². The van der Waals surface area contributed by atoms with Crippen LogP contribution in [-0.4, -0.2) is 36.7 Å². The molecule has 0 spiro atoms. The quantitative estimate of drug-likeness (QED) is 0.320. The molecule has 6 N–H and O–H groups in total.